The van der Waals surface area contributed by atoms with Crippen molar-refractivity contribution in [3.05, 3.63) is 29.7 Å². The SMILES string of the molecule is CC(C)n1cncc1CSc1nc(N)c2ccsc2n1. The lowest BCUT2D eigenvalue weighted by Gasteiger charge is -2.11. The molecule has 0 radical (unpaired) electrons. The third kappa shape index (κ3) is 2.51. The van der Waals surface area contributed by atoms with Crippen LogP contribution in [0.15, 0.2) is 29.1 Å². The van der Waals surface area contributed by atoms with Gasteiger partial charge in [-0.3, -0.25) is 0 Å². The van der Waals surface area contributed by atoms with Gasteiger partial charge in [-0.15, -0.1) is 11.3 Å². The Morgan fingerprint density at radius 3 is 3.05 bits per heavy atom. The number of anilines is 1. The first-order chi connectivity index (χ1) is 9.65. The molecule has 0 aliphatic carbocycles. The van der Waals surface area contributed by atoms with E-state index in [0.29, 0.717) is 17.0 Å². The Balaban J connectivity index is 1.81. The lowest BCUT2D eigenvalue weighted by molar-refractivity contribution is 0.584. The van der Waals surface area contributed by atoms with Gasteiger partial charge in [0.2, 0.25) is 0 Å². The van der Waals surface area contributed by atoms with Crippen LogP contribution in [0.5, 0.6) is 0 Å². The molecule has 3 aromatic heterocycles. The second-order valence-electron chi connectivity index (χ2n) is 4.71. The number of rotatable bonds is 4. The van der Waals surface area contributed by atoms with Gasteiger partial charge in [-0.25, -0.2) is 15.0 Å². The first-order valence-electron chi connectivity index (χ1n) is 6.29. The zero-order valence-electron chi connectivity index (χ0n) is 11.3. The number of nitrogens with zero attached hydrogens (tertiary/aromatic N) is 4. The molecule has 7 heteroatoms. The Bertz CT molecular complexity index is 731. The zero-order chi connectivity index (χ0) is 14.1. The molecule has 0 atom stereocenters. The van der Waals surface area contributed by atoms with E-state index in [1.54, 1.807) is 23.1 Å². The molecule has 0 aliphatic heterocycles. The van der Waals surface area contributed by atoms with Gasteiger partial charge in [-0.2, -0.15) is 0 Å². The molecule has 3 aromatic rings. The number of nitrogen functional groups attached to an aromatic ring is 1. The molecule has 0 saturated carbocycles. The molecule has 104 valence electrons. The van der Waals surface area contributed by atoms with E-state index in [9.17, 15) is 0 Å². The van der Waals surface area contributed by atoms with Gasteiger partial charge < -0.3 is 10.3 Å². The van der Waals surface area contributed by atoms with Crippen LogP contribution in [-0.4, -0.2) is 19.5 Å². The number of nitrogens with two attached hydrogens (primary N) is 1. The van der Waals surface area contributed by atoms with Crippen molar-refractivity contribution in [2.75, 3.05) is 5.73 Å². The second kappa shape index (κ2) is 5.41. The highest BCUT2D eigenvalue weighted by Gasteiger charge is 2.10. The predicted molar refractivity (Wildman–Crippen MR) is 84.0 cm³/mol. The van der Waals surface area contributed by atoms with Crippen molar-refractivity contribution in [2.45, 2.75) is 30.8 Å². The molecular weight excluding hydrogens is 290 g/mol. The number of hydrogen-bond acceptors (Lipinski definition) is 6. The quantitative estimate of drug-likeness (QED) is 0.591. The van der Waals surface area contributed by atoms with Crippen LogP contribution in [0.4, 0.5) is 5.82 Å². The first kappa shape index (κ1) is 13.4. The molecular formula is C13H15N5S2. The van der Waals surface area contributed by atoms with E-state index in [1.807, 2.05) is 24.0 Å². The van der Waals surface area contributed by atoms with Gasteiger partial charge >= 0.3 is 0 Å². The van der Waals surface area contributed by atoms with E-state index >= 15 is 0 Å². The van der Waals surface area contributed by atoms with Crippen molar-refractivity contribution < 1.29 is 0 Å². The van der Waals surface area contributed by atoms with Crippen LogP contribution in [-0.2, 0) is 5.75 Å². The molecule has 0 amide bonds. The van der Waals surface area contributed by atoms with Crippen LogP contribution in [0.2, 0.25) is 0 Å². The van der Waals surface area contributed by atoms with Crippen LogP contribution in [0, 0.1) is 0 Å². The minimum Gasteiger partial charge on any atom is -0.383 e. The summed E-state index contributed by atoms with van der Waals surface area (Å²) < 4.78 is 2.15. The highest BCUT2D eigenvalue weighted by molar-refractivity contribution is 7.98. The van der Waals surface area contributed by atoms with Crippen molar-refractivity contribution >= 4 is 39.1 Å². The van der Waals surface area contributed by atoms with Gasteiger partial charge in [-0.1, -0.05) is 11.8 Å². The molecule has 0 bridgehead atoms. The van der Waals surface area contributed by atoms with Gasteiger partial charge in [0.25, 0.3) is 0 Å². The normalized spacial score (nSPS) is 11.6. The fraction of sp³-hybridized carbons (Fsp3) is 0.308. The lowest BCUT2D eigenvalue weighted by atomic mass is 10.4. The molecule has 0 aliphatic rings. The number of imidazole rings is 1. The summed E-state index contributed by atoms with van der Waals surface area (Å²) in [5.41, 5.74) is 7.12. The standard InChI is InChI=1S/C13H15N5S2/c1-8(2)18-7-15-5-9(18)6-20-13-16-11(14)10-3-4-19-12(10)17-13/h3-5,7-8H,6H2,1-2H3,(H2,14,16,17). The topological polar surface area (TPSA) is 69.6 Å². The summed E-state index contributed by atoms with van der Waals surface area (Å²) in [6.45, 7) is 4.28. The van der Waals surface area contributed by atoms with E-state index in [1.165, 1.54) is 5.69 Å². The molecule has 0 unspecified atom stereocenters. The smallest absolute Gasteiger partial charge is 0.191 e. The summed E-state index contributed by atoms with van der Waals surface area (Å²) in [6.07, 6.45) is 3.75. The zero-order valence-corrected chi connectivity index (χ0v) is 12.9. The van der Waals surface area contributed by atoms with Crippen LogP contribution >= 0.6 is 23.1 Å². The maximum absolute atomic E-state index is 5.95. The number of aromatic nitrogens is 4. The third-order valence-corrected chi connectivity index (χ3v) is 4.67. The molecule has 0 spiro atoms. The van der Waals surface area contributed by atoms with Gasteiger partial charge in [0.15, 0.2) is 5.16 Å². The average molecular weight is 305 g/mol. The van der Waals surface area contributed by atoms with Crippen molar-refractivity contribution in [2.24, 2.45) is 0 Å². The first-order valence-corrected chi connectivity index (χ1v) is 8.16. The van der Waals surface area contributed by atoms with Gasteiger partial charge in [0, 0.05) is 23.7 Å². The molecule has 3 heterocycles. The molecule has 5 nitrogen and oxygen atoms in total. The summed E-state index contributed by atoms with van der Waals surface area (Å²) >= 11 is 3.17. The maximum atomic E-state index is 5.95. The van der Waals surface area contributed by atoms with E-state index in [2.05, 4.69) is 33.4 Å². The Hall–Kier alpha value is -1.60. The Morgan fingerprint density at radius 2 is 2.25 bits per heavy atom. The minimum absolute atomic E-state index is 0.402. The number of thiophene rings is 1. The van der Waals surface area contributed by atoms with Crippen molar-refractivity contribution in [3.63, 3.8) is 0 Å². The Labute approximate surface area is 125 Å². The van der Waals surface area contributed by atoms with E-state index in [0.717, 1.165) is 16.0 Å². The van der Waals surface area contributed by atoms with Crippen LogP contribution in [0.1, 0.15) is 25.6 Å². The van der Waals surface area contributed by atoms with E-state index in [-0.39, 0.29) is 0 Å². The van der Waals surface area contributed by atoms with Crippen molar-refractivity contribution in [1.29, 1.82) is 0 Å². The largest absolute Gasteiger partial charge is 0.383 e. The molecule has 0 saturated heterocycles. The van der Waals surface area contributed by atoms with Crippen LogP contribution in [0.25, 0.3) is 10.2 Å². The predicted octanol–water partition coefficient (Wildman–Crippen LogP) is 3.34. The Kier molecular flexibility index (Phi) is 3.62. The fourth-order valence-corrected chi connectivity index (χ4v) is 3.62. The number of thioether (sulfide) groups is 1. The summed E-state index contributed by atoms with van der Waals surface area (Å²) in [4.78, 5) is 14.0. The molecule has 2 N–H and O–H groups in total. The monoisotopic (exact) mass is 305 g/mol. The van der Waals surface area contributed by atoms with E-state index < -0.39 is 0 Å². The minimum atomic E-state index is 0.402. The lowest BCUT2D eigenvalue weighted by Crippen LogP contribution is -2.03. The van der Waals surface area contributed by atoms with Crippen molar-refractivity contribution in [3.8, 4) is 0 Å². The molecule has 20 heavy (non-hydrogen) atoms. The summed E-state index contributed by atoms with van der Waals surface area (Å²) in [5.74, 6) is 1.34. The summed E-state index contributed by atoms with van der Waals surface area (Å²) in [5, 5.41) is 3.64. The summed E-state index contributed by atoms with van der Waals surface area (Å²) in [6, 6.07) is 2.36. The number of hydrogen-bond donors (Lipinski definition) is 1. The second-order valence-corrected chi connectivity index (χ2v) is 6.54. The Morgan fingerprint density at radius 1 is 1.40 bits per heavy atom. The fourth-order valence-electron chi connectivity index (χ4n) is 1.97. The molecule has 3 rings (SSSR count). The number of fused-ring (bicyclic) bond motifs is 1. The third-order valence-electron chi connectivity index (χ3n) is 2.99. The molecule has 0 fully saturated rings. The van der Waals surface area contributed by atoms with Crippen LogP contribution in [0.3, 0.4) is 0 Å². The highest BCUT2D eigenvalue weighted by atomic mass is 32.2. The van der Waals surface area contributed by atoms with E-state index in [4.69, 9.17) is 5.73 Å². The maximum Gasteiger partial charge on any atom is 0.191 e. The molecule has 0 aromatic carbocycles. The van der Waals surface area contributed by atoms with Gasteiger partial charge in [0.1, 0.15) is 10.6 Å². The average Bonchev–Trinajstić information content (AvgIpc) is 3.04. The van der Waals surface area contributed by atoms with Crippen LogP contribution < -0.4 is 5.73 Å². The van der Waals surface area contributed by atoms with Gasteiger partial charge in [-0.05, 0) is 25.3 Å². The van der Waals surface area contributed by atoms with Crippen molar-refractivity contribution in [1.82, 2.24) is 19.5 Å². The summed E-state index contributed by atoms with van der Waals surface area (Å²) in [7, 11) is 0. The van der Waals surface area contributed by atoms with Gasteiger partial charge in [0.05, 0.1) is 11.7 Å². The highest BCUT2D eigenvalue weighted by Crippen LogP contribution is 2.28.